The molecule has 1 aliphatic heterocycles. The molecule has 1 saturated heterocycles. The van der Waals surface area contributed by atoms with E-state index in [2.05, 4.69) is 0 Å². The maximum Gasteiger partial charge on any atom is 0.263 e. The molecule has 0 bridgehead atoms. The van der Waals surface area contributed by atoms with Crippen molar-refractivity contribution in [2.75, 3.05) is 19.7 Å². The number of carbonyl (C=O) groups is 1. The third kappa shape index (κ3) is 3.88. The fourth-order valence-corrected chi connectivity index (χ4v) is 2.48. The van der Waals surface area contributed by atoms with Crippen molar-refractivity contribution < 1.29 is 14.3 Å². The van der Waals surface area contributed by atoms with Gasteiger partial charge in [-0.25, -0.2) is 0 Å². The molecule has 0 spiro atoms. The smallest absolute Gasteiger partial charge is 0.263 e. The number of hydrogen-bond donors (Lipinski definition) is 1. The molecule has 0 aromatic heterocycles. The third-order valence-electron chi connectivity index (χ3n) is 3.61. The van der Waals surface area contributed by atoms with Gasteiger partial charge < -0.3 is 20.1 Å². The van der Waals surface area contributed by atoms with E-state index in [0.717, 1.165) is 31.5 Å². The quantitative estimate of drug-likeness (QED) is 0.870. The van der Waals surface area contributed by atoms with Crippen molar-refractivity contribution in [2.24, 2.45) is 5.73 Å². The van der Waals surface area contributed by atoms with E-state index >= 15 is 0 Å². The molecule has 2 rings (SSSR count). The SMILES string of the molecule is CCOc1cc(CN)ccc1OC(C)C(=O)N1CCCC1. The van der Waals surface area contributed by atoms with Gasteiger partial charge in [0.25, 0.3) is 5.91 Å². The molecule has 1 unspecified atom stereocenters. The number of carbonyl (C=O) groups excluding carboxylic acids is 1. The number of nitrogens with two attached hydrogens (primary N) is 1. The van der Waals surface area contributed by atoms with E-state index in [1.807, 2.05) is 30.0 Å². The van der Waals surface area contributed by atoms with E-state index in [9.17, 15) is 4.79 Å². The minimum absolute atomic E-state index is 0.0397. The maximum absolute atomic E-state index is 12.3. The van der Waals surface area contributed by atoms with Crippen molar-refractivity contribution in [3.05, 3.63) is 23.8 Å². The summed E-state index contributed by atoms with van der Waals surface area (Å²) in [7, 11) is 0. The molecule has 1 heterocycles. The summed E-state index contributed by atoms with van der Waals surface area (Å²) in [5, 5.41) is 0. The molecule has 116 valence electrons. The molecule has 21 heavy (non-hydrogen) atoms. The summed E-state index contributed by atoms with van der Waals surface area (Å²) in [6, 6.07) is 5.58. The Morgan fingerprint density at radius 2 is 2.05 bits per heavy atom. The van der Waals surface area contributed by atoms with Crippen LogP contribution in [-0.2, 0) is 11.3 Å². The van der Waals surface area contributed by atoms with Gasteiger partial charge in [0.05, 0.1) is 6.61 Å². The standard InChI is InChI=1S/C16H24N2O3/c1-3-20-15-10-13(11-17)6-7-14(15)21-12(2)16(19)18-8-4-5-9-18/h6-7,10,12H,3-5,8-9,11,17H2,1-2H3. The Kier molecular flexibility index (Phi) is 5.44. The van der Waals surface area contributed by atoms with Gasteiger partial charge in [0.15, 0.2) is 17.6 Å². The highest BCUT2D eigenvalue weighted by Crippen LogP contribution is 2.29. The summed E-state index contributed by atoms with van der Waals surface area (Å²) in [5.41, 5.74) is 6.62. The first kappa shape index (κ1) is 15.6. The second-order valence-corrected chi connectivity index (χ2v) is 5.21. The van der Waals surface area contributed by atoms with E-state index in [-0.39, 0.29) is 5.91 Å². The van der Waals surface area contributed by atoms with Gasteiger partial charge in [-0.2, -0.15) is 0 Å². The minimum atomic E-state index is -0.508. The van der Waals surface area contributed by atoms with Gasteiger partial charge in [0.1, 0.15) is 0 Å². The van der Waals surface area contributed by atoms with Crippen molar-refractivity contribution in [3.63, 3.8) is 0 Å². The Balaban J connectivity index is 2.08. The lowest BCUT2D eigenvalue weighted by atomic mass is 10.2. The average molecular weight is 292 g/mol. The molecule has 2 N–H and O–H groups in total. The van der Waals surface area contributed by atoms with Crippen LogP contribution in [0.15, 0.2) is 18.2 Å². The highest BCUT2D eigenvalue weighted by Gasteiger charge is 2.25. The van der Waals surface area contributed by atoms with E-state index in [0.29, 0.717) is 24.7 Å². The van der Waals surface area contributed by atoms with Crippen LogP contribution in [0.5, 0.6) is 11.5 Å². The molecule has 5 heteroatoms. The lowest BCUT2D eigenvalue weighted by Gasteiger charge is -2.22. The van der Waals surface area contributed by atoms with Gasteiger partial charge in [-0.1, -0.05) is 6.07 Å². The Morgan fingerprint density at radius 3 is 2.67 bits per heavy atom. The molecule has 1 aliphatic rings. The fourth-order valence-electron chi connectivity index (χ4n) is 2.48. The molecule has 1 aromatic rings. The highest BCUT2D eigenvalue weighted by atomic mass is 16.5. The largest absolute Gasteiger partial charge is 0.490 e. The molecule has 0 saturated carbocycles. The van der Waals surface area contributed by atoms with Crippen LogP contribution in [0, 0.1) is 0 Å². The van der Waals surface area contributed by atoms with Gasteiger partial charge >= 0.3 is 0 Å². The van der Waals surface area contributed by atoms with Crippen molar-refractivity contribution in [2.45, 2.75) is 39.3 Å². The summed E-state index contributed by atoms with van der Waals surface area (Å²) in [6.07, 6.45) is 1.65. The van der Waals surface area contributed by atoms with E-state index in [1.54, 1.807) is 6.92 Å². The molecule has 0 aliphatic carbocycles. The third-order valence-corrected chi connectivity index (χ3v) is 3.61. The molecule has 1 amide bonds. The number of nitrogens with zero attached hydrogens (tertiary/aromatic N) is 1. The second-order valence-electron chi connectivity index (χ2n) is 5.21. The predicted molar refractivity (Wildman–Crippen MR) is 81.4 cm³/mol. The van der Waals surface area contributed by atoms with Crippen molar-refractivity contribution in [3.8, 4) is 11.5 Å². The topological polar surface area (TPSA) is 64.8 Å². The van der Waals surface area contributed by atoms with E-state index in [1.165, 1.54) is 0 Å². The second kappa shape index (κ2) is 7.31. The zero-order valence-corrected chi connectivity index (χ0v) is 12.8. The van der Waals surface area contributed by atoms with Crippen LogP contribution in [0.25, 0.3) is 0 Å². The first-order valence-electron chi connectivity index (χ1n) is 7.57. The fraction of sp³-hybridized carbons (Fsp3) is 0.562. The lowest BCUT2D eigenvalue weighted by Crippen LogP contribution is -2.38. The molecular weight excluding hydrogens is 268 g/mol. The molecular formula is C16H24N2O3. The normalized spacial score (nSPS) is 15.9. The van der Waals surface area contributed by atoms with Crippen LogP contribution < -0.4 is 15.2 Å². The van der Waals surface area contributed by atoms with Crippen LogP contribution in [0.3, 0.4) is 0 Å². The summed E-state index contributed by atoms with van der Waals surface area (Å²) in [6.45, 7) is 6.35. The Labute approximate surface area is 126 Å². The Bertz CT molecular complexity index is 484. The maximum atomic E-state index is 12.3. The van der Waals surface area contributed by atoms with Crippen LogP contribution in [0.4, 0.5) is 0 Å². The first-order chi connectivity index (χ1) is 10.2. The van der Waals surface area contributed by atoms with Crippen molar-refractivity contribution >= 4 is 5.91 Å². The zero-order valence-electron chi connectivity index (χ0n) is 12.8. The van der Waals surface area contributed by atoms with E-state index in [4.69, 9.17) is 15.2 Å². The van der Waals surface area contributed by atoms with Gasteiger partial charge in [-0.3, -0.25) is 4.79 Å². The first-order valence-corrected chi connectivity index (χ1v) is 7.57. The Hall–Kier alpha value is -1.75. The van der Waals surface area contributed by atoms with Crippen molar-refractivity contribution in [1.29, 1.82) is 0 Å². The number of rotatable bonds is 6. The molecule has 0 radical (unpaired) electrons. The summed E-state index contributed by atoms with van der Waals surface area (Å²) in [4.78, 5) is 14.1. The molecule has 1 atom stereocenters. The minimum Gasteiger partial charge on any atom is -0.490 e. The van der Waals surface area contributed by atoms with E-state index < -0.39 is 6.10 Å². The number of benzene rings is 1. The van der Waals surface area contributed by atoms with Gasteiger partial charge in [0.2, 0.25) is 0 Å². The molecule has 5 nitrogen and oxygen atoms in total. The van der Waals surface area contributed by atoms with Crippen molar-refractivity contribution in [1.82, 2.24) is 4.90 Å². The number of likely N-dealkylation sites (tertiary alicyclic amines) is 1. The van der Waals surface area contributed by atoms with Gasteiger partial charge in [0, 0.05) is 19.6 Å². The number of ether oxygens (including phenoxy) is 2. The Morgan fingerprint density at radius 1 is 1.33 bits per heavy atom. The van der Waals surface area contributed by atoms with Gasteiger partial charge in [-0.15, -0.1) is 0 Å². The summed E-state index contributed by atoms with van der Waals surface area (Å²) < 4.78 is 11.4. The molecule has 1 fully saturated rings. The molecule has 1 aromatic carbocycles. The highest BCUT2D eigenvalue weighted by molar-refractivity contribution is 5.81. The van der Waals surface area contributed by atoms with Crippen LogP contribution >= 0.6 is 0 Å². The average Bonchev–Trinajstić information content (AvgIpc) is 3.02. The monoisotopic (exact) mass is 292 g/mol. The summed E-state index contributed by atoms with van der Waals surface area (Å²) >= 11 is 0. The van der Waals surface area contributed by atoms with Crippen LogP contribution in [0.1, 0.15) is 32.3 Å². The number of amides is 1. The predicted octanol–water partition coefficient (Wildman–Crippen LogP) is 1.93. The van der Waals surface area contributed by atoms with Crippen LogP contribution in [-0.4, -0.2) is 36.6 Å². The van der Waals surface area contributed by atoms with Crippen LogP contribution in [0.2, 0.25) is 0 Å². The zero-order chi connectivity index (χ0) is 15.2. The summed E-state index contributed by atoms with van der Waals surface area (Å²) in [5.74, 6) is 1.27. The number of hydrogen-bond acceptors (Lipinski definition) is 4. The van der Waals surface area contributed by atoms with Gasteiger partial charge in [-0.05, 0) is 44.4 Å². The lowest BCUT2D eigenvalue weighted by molar-refractivity contribution is -0.136.